The predicted octanol–water partition coefficient (Wildman–Crippen LogP) is 2.84. The van der Waals surface area contributed by atoms with Gasteiger partial charge in [-0.2, -0.15) is 0 Å². The van der Waals surface area contributed by atoms with Crippen molar-refractivity contribution < 1.29 is 28.7 Å². The SMILES string of the molecule is Cc1c(C(=O)NC(C(=O)OCc2ccc(OCCN3CCCC3)c(Cl)c2)C(C)C)ccc2c1B(O)OC2. The highest BCUT2D eigenvalue weighted by molar-refractivity contribution is 6.62. The number of carbonyl (C=O) groups excluding carboxylic acids is 2. The van der Waals surface area contributed by atoms with Crippen LogP contribution in [0.15, 0.2) is 30.3 Å². The average Bonchev–Trinajstić information content (AvgIpc) is 3.52. The summed E-state index contributed by atoms with van der Waals surface area (Å²) in [4.78, 5) is 28.3. The molecule has 198 valence electrons. The number of nitrogens with one attached hydrogen (secondary N) is 1. The van der Waals surface area contributed by atoms with Crippen LogP contribution in [0.4, 0.5) is 0 Å². The monoisotopic (exact) mass is 528 g/mol. The molecular formula is C27H34BClN2O6. The van der Waals surface area contributed by atoms with Crippen LogP contribution < -0.4 is 15.5 Å². The smallest absolute Gasteiger partial charge is 0.491 e. The van der Waals surface area contributed by atoms with Crippen molar-refractivity contribution in [3.8, 4) is 5.75 Å². The first kappa shape index (κ1) is 27.4. The molecular weight excluding hydrogens is 495 g/mol. The van der Waals surface area contributed by atoms with Crippen LogP contribution in [0.25, 0.3) is 0 Å². The fourth-order valence-electron chi connectivity index (χ4n) is 4.76. The van der Waals surface area contributed by atoms with E-state index in [-0.39, 0.29) is 12.5 Å². The van der Waals surface area contributed by atoms with Crippen LogP contribution >= 0.6 is 11.6 Å². The molecule has 8 nitrogen and oxygen atoms in total. The van der Waals surface area contributed by atoms with Crippen LogP contribution in [0.1, 0.15) is 53.7 Å². The second-order valence-corrected chi connectivity index (χ2v) is 10.3. The lowest BCUT2D eigenvalue weighted by molar-refractivity contribution is -0.148. The summed E-state index contributed by atoms with van der Waals surface area (Å²) in [6.45, 7) is 9.43. The van der Waals surface area contributed by atoms with E-state index in [0.29, 0.717) is 40.6 Å². The van der Waals surface area contributed by atoms with Gasteiger partial charge in [0.15, 0.2) is 0 Å². The van der Waals surface area contributed by atoms with Crippen molar-refractivity contribution >= 4 is 36.1 Å². The molecule has 1 unspecified atom stereocenters. The van der Waals surface area contributed by atoms with E-state index in [1.165, 1.54) is 12.8 Å². The molecule has 2 aliphatic heterocycles. The molecule has 1 saturated heterocycles. The summed E-state index contributed by atoms with van der Waals surface area (Å²) in [5.74, 6) is -0.542. The number of likely N-dealkylation sites (tertiary alicyclic amines) is 1. The summed E-state index contributed by atoms with van der Waals surface area (Å²) in [5.41, 5.74) is 3.20. The fourth-order valence-corrected chi connectivity index (χ4v) is 5.01. The number of ether oxygens (including phenoxy) is 2. The van der Waals surface area contributed by atoms with Gasteiger partial charge in [0.05, 0.1) is 11.6 Å². The summed E-state index contributed by atoms with van der Waals surface area (Å²) < 4.78 is 16.6. The van der Waals surface area contributed by atoms with Gasteiger partial charge in [-0.05, 0) is 79.1 Å². The summed E-state index contributed by atoms with van der Waals surface area (Å²) in [7, 11) is -1.05. The highest BCUT2D eigenvalue weighted by Gasteiger charge is 2.32. The van der Waals surface area contributed by atoms with Crippen LogP contribution in [-0.2, 0) is 27.4 Å². The maximum Gasteiger partial charge on any atom is 0.492 e. The van der Waals surface area contributed by atoms with Crippen molar-refractivity contribution in [1.82, 2.24) is 10.2 Å². The van der Waals surface area contributed by atoms with Gasteiger partial charge in [-0.15, -0.1) is 0 Å². The number of carbonyl (C=O) groups is 2. The topological polar surface area (TPSA) is 97.3 Å². The molecule has 0 spiro atoms. The minimum Gasteiger partial charge on any atom is -0.491 e. The van der Waals surface area contributed by atoms with E-state index in [9.17, 15) is 14.6 Å². The maximum atomic E-state index is 13.0. The minimum atomic E-state index is -1.05. The number of benzene rings is 2. The Hall–Kier alpha value is -2.59. The third-order valence-electron chi connectivity index (χ3n) is 6.94. The van der Waals surface area contributed by atoms with Crippen molar-refractivity contribution in [2.24, 2.45) is 5.92 Å². The quantitative estimate of drug-likeness (QED) is 0.361. The zero-order valence-electron chi connectivity index (χ0n) is 21.6. The summed E-state index contributed by atoms with van der Waals surface area (Å²) in [5, 5.41) is 13.3. The molecule has 4 rings (SSSR count). The number of esters is 1. The largest absolute Gasteiger partial charge is 0.492 e. The third-order valence-corrected chi connectivity index (χ3v) is 7.24. The summed E-state index contributed by atoms with van der Waals surface area (Å²) in [6.07, 6.45) is 2.48. The fraction of sp³-hybridized carbons (Fsp3) is 0.481. The van der Waals surface area contributed by atoms with Crippen molar-refractivity contribution in [3.63, 3.8) is 0 Å². The zero-order chi connectivity index (χ0) is 26.5. The molecule has 1 fully saturated rings. The van der Waals surface area contributed by atoms with Gasteiger partial charge in [-0.25, -0.2) is 4.79 Å². The highest BCUT2D eigenvalue weighted by atomic mass is 35.5. The van der Waals surface area contributed by atoms with Gasteiger partial charge in [0.2, 0.25) is 0 Å². The van der Waals surface area contributed by atoms with Crippen molar-refractivity contribution in [3.05, 3.63) is 57.6 Å². The average molecular weight is 529 g/mol. The number of nitrogens with zero attached hydrogens (tertiary/aromatic N) is 1. The molecule has 0 saturated carbocycles. The van der Waals surface area contributed by atoms with E-state index in [1.807, 2.05) is 19.9 Å². The molecule has 0 radical (unpaired) electrons. The Kier molecular flexibility index (Phi) is 9.13. The van der Waals surface area contributed by atoms with Crippen molar-refractivity contribution in [2.75, 3.05) is 26.2 Å². The molecule has 2 aromatic carbocycles. The Labute approximate surface area is 223 Å². The van der Waals surface area contributed by atoms with Crippen LogP contribution in [-0.4, -0.2) is 61.2 Å². The third kappa shape index (κ3) is 6.65. The standard InChI is InChI=1S/C27H34BClN2O6/c1-17(2)25(30-26(32)21-8-7-20-16-37-28(34)24(20)18(21)3)27(33)36-15-19-6-9-23(22(29)14-19)35-13-12-31-10-4-5-11-31/h6-9,14,17,25,34H,4-5,10-13,15-16H2,1-3H3,(H,30,32). The van der Waals surface area contributed by atoms with E-state index < -0.39 is 25.0 Å². The van der Waals surface area contributed by atoms with E-state index in [1.54, 1.807) is 31.2 Å². The maximum absolute atomic E-state index is 13.0. The first-order valence-corrected chi connectivity index (χ1v) is 13.2. The predicted molar refractivity (Wildman–Crippen MR) is 142 cm³/mol. The lowest BCUT2D eigenvalue weighted by Gasteiger charge is -2.22. The molecule has 2 aromatic rings. The lowest BCUT2D eigenvalue weighted by atomic mass is 9.75. The second kappa shape index (κ2) is 12.3. The number of hydrogen-bond acceptors (Lipinski definition) is 7. The Morgan fingerprint density at radius 1 is 1.22 bits per heavy atom. The van der Waals surface area contributed by atoms with Gasteiger partial charge < -0.3 is 24.5 Å². The molecule has 0 bridgehead atoms. The summed E-state index contributed by atoms with van der Waals surface area (Å²) in [6, 6.07) is 7.93. The Balaban J connectivity index is 1.32. The Morgan fingerprint density at radius 3 is 2.68 bits per heavy atom. The minimum absolute atomic E-state index is 0.0209. The van der Waals surface area contributed by atoms with E-state index in [2.05, 4.69) is 10.2 Å². The van der Waals surface area contributed by atoms with Crippen LogP contribution in [0.3, 0.4) is 0 Å². The van der Waals surface area contributed by atoms with E-state index in [4.69, 9.17) is 25.7 Å². The van der Waals surface area contributed by atoms with Crippen molar-refractivity contribution in [2.45, 2.75) is 52.9 Å². The molecule has 0 aliphatic carbocycles. The van der Waals surface area contributed by atoms with Gasteiger partial charge >= 0.3 is 13.1 Å². The van der Waals surface area contributed by atoms with Crippen molar-refractivity contribution in [1.29, 1.82) is 0 Å². The summed E-state index contributed by atoms with van der Waals surface area (Å²) >= 11 is 6.39. The van der Waals surface area contributed by atoms with Crippen LogP contribution in [0.5, 0.6) is 5.75 Å². The van der Waals surface area contributed by atoms with Gasteiger partial charge in [-0.1, -0.05) is 37.6 Å². The van der Waals surface area contributed by atoms with Gasteiger partial charge in [-0.3, -0.25) is 9.69 Å². The number of halogens is 1. The molecule has 1 amide bonds. The van der Waals surface area contributed by atoms with Gasteiger partial charge in [0.25, 0.3) is 5.91 Å². The Morgan fingerprint density at radius 2 is 1.97 bits per heavy atom. The van der Waals surface area contributed by atoms with Gasteiger partial charge in [0.1, 0.15) is 25.0 Å². The van der Waals surface area contributed by atoms with Gasteiger partial charge in [0, 0.05) is 12.1 Å². The molecule has 37 heavy (non-hydrogen) atoms. The molecule has 2 aliphatic rings. The molecule has 2 N–H and O–H groups in total. The number of fused-ring (bicyclic) bond motifs is 1. The molecule has 10 heteroatoms. The van der Waals surface area contributed by atoms with E-state index in [0.717, 1.165) is 30.8 Å². The number of rotatable bonds is 10. The highest BCUT2D eigenvalue weighted by Crippen LogP contribution is 2.26. The molecule has 1 atom stereocenters. The zero-order valence-corrected chi connectivity index (χ0v) is 22.3. The Bertz CT molecular complexity index is 1140. The number of hydrogen-bond donors (Lipinski definition) is 2. The lowest BCUT2D eigenvalue weighted by Crippen LogP contribution is -2.46. The van der Waals surface area contributed by atoms with Crippen LogP contribution in [0, 0.1) is 12.8 Å². The normalized spacial score (nSPS) is 16.1. The second-order valence-electron chi connectivity index (χ2n) is 9.94. The van der Waals surface area contributed by atoms with Crippen LogP contribution in [0.2, 0.25) is 5.02 Å². The first-order chi connectivity index (χ1) is 17.7. The molecule has 0 aromatic heterocycles. The first-order valence-electron chi connectivity index (χ1n) is 12.8. The van der Waals surface area contributed by atoms with E-state index >= 15 is 0 Å². The molecule has 2 heterocycles. The number of amides is 1.